The van der Waals surface area contributed by atoms with Gasteiger partial charge in [0.2, 0.25) is 0 Å². The van der Waals surface area contributed by atoms with E-state index in [0.29, 0.717) is 17.4 Å². The maximum atomic E-state index is 6.20. The molecule has 1 heterocycles. The van der Waals surface area contributed by atoms with Gasteiger partial charge in [0.1, 0.15) is 0 Å². The van der Waals surface area contributed by atoms with Crippen molar-refractivity contribution in [2.75, 3.05) is 19.7 Å². The highest BCUT2D eigenvalue weighted by Gasteiger charge is 2.32. The normalized spacial score (nSPS) is 31.2. The third-order valence-electron chi connectivity index (χ3n) is 4.49. The predicted molar refractivity (Wildman–Crippen MR) is 85.8 cm³/mol. The number of hydrogen-bond donors (Lipinski definition) is 1. The van der Waals surface area contributed by atoms with Crippen LogP contribution in [0.5, 0.6) is 0 Å². The highest BCUT2D eigenvalue weighted by Crippen LogP contribution is 2.32. The second-order valence-electron chi connectivity index (χ2n) is 7.65. The zero-order valence-electron chi connectivity index (χ0n) is 13.6. The number of allylic oxidation sites excluding steroid dienone is 2. The molecule has 1 fully saturated rings. The molecule has 0 aromatic carbocycles. The lowest BCUT2D eigenvalue weighted by Crippen LogP contribution is -2.48. The Morgan fingerprint density at radius 3 is 2.70 bits per heavy atom. The molecule has 114 valence electrons. The van der Waals surface area contributed by atoms with Gasteiger partial charge in [-0.05, 0) is 48.6 Å². The van der Waals surface area contributed by atoms with E-state index < -0.39 is 0 Å². The van der Waals surface area contributed by atoms with Crippen molar-refractivity contribution < 1.29 is 4.74 Å². The van der Waals surface area contributed by atoms with E-state index in [9.17, 15) is 0 Å². The molecule has 1 aliphatic carbocycles. The number of piperidine rings is 1. The van der Waals surface area contributed by atoms with E-state index in [-0.39, 0.29) is 0 Å². The SMILES string of the molecule is C[C@@H]1C(CC(C)(C)C)CNC[C@H]1OCC1=CCCC=C1. The Kier molecular flexibility index (Phi) is 5.45. The van der Waals surface area contributed by atoms with Gasteiger partial charge in [0.05, 0.1) is 12.7 Å². The Morgan fingerprint density at radius 1 is 1.25 bits per heavy atom. The van der Waals surface area contributed by atoms with Gasteiger partial charge in [0.25, 0.3) is 0 Å². The van der Waals surface area contributed by atoms with E-state index in [1.165, 1.54) is 24.8 Å². The second-order valence-corrected chi connectivity index (χ2v) is 7.65. The first-order chi connectivity index (χ1) is 9.46. The summed E-state index contributed by atoms with van der Waals surface area (Å²) in [7, 11) is 0. The molecule has 0 saturated carbocycles. The van der Waals surface area contributed by atoms with E-state index in [1.807, 2.05) is 0 Å². The largest absolute Gasteiger partial charge is 0.372 e. The molecule has 20 heavy (non-hydrogen) atoms. The van der Waals surface area contributed by atoms with Crippen LogP contribution in [-0.2, 0) is 4.74 Å². The Morgan fingerprint density at radius 2 is 2.05 bits per heavy atom. The lowest BCUT2D eigenvalue weighted by atomic mass is 9.75. The topological polar surface area (TPSA) is 21.3 Å². The zero-order valence-corrected chi connectivity index (χ0v) is 13.6. The molecule has 0 radical (unpaired) electrons. The fraction of sp³-hybridized carbons (Fsp3) is 0.778. The molecule has 2 rings (SSSR count). The molecule has 0 aromatic heterocycles. The van der Waals surface area contributed by atoms with Crippen LogP contribution in [0.3, 0.4) is 0 Å². The van der Waals surface area contributed by atoms with E-state index in [2.05, 4.69) is 51.2 Å². The Labute approximate surface area is 124 Å². The van der Waals surface area contributed by atoms with Gasteiger partial charge in [-0.3, -0.25) is 0 Å². The molecule has 2 heteroatoms. The maximum absolute atomic E-state index is 6.20. The average molecular weight is 277 g/mol. The summed E-state index contributed by atoms with van der Waals surface area (Å²) in [5.41, 5.74) is 1.75. The maximum Gasteiger partial charge on any atom is 0.0732 e. The highest BCUT2D eigenvalue weighted by atomic mass is 16.5. The van der Waals surface area contributed by atoms with Gasteiger partial charge in [-0.25, -0.2) is 0 Å². The Balaban J connectivity index is 1.85. The first-order valence-corrected chi connectivity index (χ1v) is 8.13. The van der Waals surface area contributed by atoms with Crippen LogP contribution in [0, 0.1) is 17.3 Å². The minimum Gasteiger partial charge on any atom is -0.372 e. The summed E-state index contributed by atoms with van der Waals surface area (Å²) >= 11 is 0. The molecule has 1 aliphatic heterocycles. The molecule has 2 aliphatic rings. The van der Waals surface area contributed by atoms with Crippen LogP contribution in [0.15, 0.2) is 23.8 Å². The van der Waals surface area contributed by atoms with Gasteiger partial charge in [-0.2, -0.15) is 0 Å². The van der Waals surface area contributed by atoms with E-state index in [1.54, 1.807) is 0 Å². The van der Waals surface area contributed by atoms with Crippen molar-refractivity contribution in [3.8, 4) is 0 Å². The number of hydrogen-bond acceptors (Lipinski definition) is 2. The van der Waals surface area contributed by atoms with Crippen LogP contribution in [0.25, 0.3) is 0 Å². The summed E-state index contributed by atoms with van der Waals surface area (Å²) < 4.78 is 6.20. The molecular weight excluding hydrogens is 246 g/mol. The molecule has 2 nitrogen and oxygen atoms in total. The molecule has 0 bridgehead atoms. The Hall–Kier alpha value is -0.600. The number of nitrogens with one attached hydrogen (secondary N) is 1. The van der Waals surface area contributed by atoms with Gasteiger partial charge in [-0.1, -0.05) is 45.9 Å². The van der Waals surface area contributed by atoms with Crippen molar-refractivity contribution in [1.29, 1.82) is 0 Å². The monoisotopic (exact) mass is 277 g/mol. The van der Waals surface area contributed by atoms with Crippen molar-refractivity contribution in [1.82, 2.24) is 5.32 Å². The van der Waals surface area contributed by atoms with Gasteiger partial charge < -0.3 is 10.1 Å². The zero-order chi connectivity index (χ0) is 14.6. The number of ether oxygens (including phenoxy) is 1. The fourth-order valence-electron chi connectivity index (χ4n) is 3.32. The summed E-state index contributed by atoms with van der Waals surface area (Å²) in [6.07, 6.45) is 10.8. The molecular formula is C18H31NO. The fourth-order valence-corrected chi connectivity index (χ4v) is 3.32. The van der Waals surface area contributed by atoms with Gasteiger partial charge in [0.15, 0.2) is 0 Å². The van der Waals surface area contributed by atoms with Crippen LogP contribution in [0.4, 0.5) is 0 Å². The summed E-state index contributed by atoms with van der Waals surface area (Å²) in [6.45, 7) is 12.3. The smallest absolute Gasteiger partial charge is 0.0732 e. The van der Waals surface area contributed by atoms with Gasteiger partial charge in [0, 0.05) is 6.54 Å². The molecule has 1 N–H and O–H groups in total. The Bertz CT molecular complexity index is 364. The minimum atomic E-state index is 0.354. The molecule has 3 atom stereocenters. The molecule has 0 spiro atoms. The highest BCUT2D eigenvalue weighted by molar-refractivity contribution is 5.22. The van der Waals surface area contributed by atoms with Crippen molar-refractivity contribution >= 4 is 0 Å². The summed E-state index contributed by atoms with van der Waals surface area (Å²) in [4.78, 5) is 0. The molecule has 0 amide bonds. The third-order valence-corrected chi connectivity index (χ3v) is 4.49. The lowest BCUT2D eigenvalue weighted by molar-refractivity contribution is -0.0135. The summed E-state index contributed by atoms with van der Waals surface area (Å²) in [5.74, 6) is 1.37. The molecule has 0 aromatic rings. The molecule has 1 saturated heterocycles. The average Bonchev–Trinajstić information content (AvgIpc) is 2.39. The van der Waals surface area contributed by atoms with E-state index in [0.717, 1.165) is 25.6 Å². The van der Waals surface area contributed by atoms with Crippen LogP contribution in [-0.4, -0.2) is 25.8 Å². The first kappa shape index (κ1) is 15.8. The van der Waals surface area contributed by atoms with Crippen molar-refractivity contribution in [2.45, 2.75) is 53.1 Å². The van der Waals surface area contributed by atoms with E-state index in [4.69, 9.17) is 4.74 Å². The van der Waals surface area contributed by atoms with Crippen molar-refractivity contribution in [2.24, 2.45) is 17.3 Å². The van der Waals surface area contributed by atoms with E-state index >= 15 is 0 Å². The summed E-state index contributed by atoms with van der Waals surface area (Å²) in [5, 5.41) is 3.56. The minimum absolute atomic E-state index is 0.354. The quantitative estimate of drug-likeness (QED) is 0.840. The van der Waals surface area contributed by atoms with Crippen molar-refractivity contribution in [3.05, 3.63) is 23.8 Å². The first-order valence-electron chi connectivity index (χ1n) is 8.13. The standard InChI is InChI=1S/C18H31NO/c1-14-16(10-18(2,3)4)11-19-12-17(14)20-13-15-8-6-5-7-9-15/h6,8-9,14,16-17,19H,5,7,10-13H2,1-4H3/t14-,16?,17-/m1/s1. The summed E-state index contributed by atoms with van der Waals surface area (Å²) in [6, 6.07) is 0. The van der Waals surface area contributed by atoms with Crippen LogP contribution in [0.1, 0.15) is 47.0 Å². The third kappa shape index (κ3) is 4.75. The van der Waals surface area contributed by atoms with Crippen LogP contribution >= 0.6 is 0 Å². The van der Waals surface area contributed by atoms with Gasteiger partial charge >= 0.3 is 0 Å². The molecule has 1 unspecified atom stereocenters. The van der Waals surface area contributed by atoms with Gasteiger partial charge in [-0.15, -0.1) is 0 Å². The van der Waals surface area contributed by atoms with Crippen LogP contribution in [0.2, 0.25) is 0 Å². The predicted octanol–water partition coefficient (Wildman–Crippen LogP) is 3.94. The second kappa shape index (κ2) is 6.91. The lowest BCUT2D eigenvalue weighted by Gasteiger charge is -2.39. The number of rotatable bonds is 4. The van der Waals surface area contributed by atoms with Crippen LogP contribution < -0.4 is 5.32 Å². The van der Waals surface area contributed by atoms with Crippen molar-refractivity contribution in [3.63, 3.8) is 0 Å².